The SMILES string of the molecule is C[C@@H]1COCCN1C(=O)N[C@H](C)c1ccc(F)cc1Cl. The molecule has 1 aromatic carbocycles. The summed E-state index contributed by atoms with van der Waals surface area (Å²) in [6.45, 7) is 5.41. The summed E-state index contributed by atoms with van der Waals surface area (Å²) in [5.74, 6) is -0.390. The largest absolute Gasteiger partial charge is 0.377 e. The predicted molar refractivity (Wildman–Crippen MR) is 75.3 cm³/mol. The third kappa shape index (κ3) is 3.41. The van der Waals surface area contributed by atoms with Crippen LogP contribution in [0.4, 0.5) is 9.18 Å². The average molecular weight is 301 g/mol. The maximum absolute atomic E-state index is 13.0. The lowest BCUT2D eigenvalue weighted by Gasteiger charge is -2.34. The molecule has 2 amide bonds. The Hall–Kier alpha value is -1.33. The maximum Gasteiger partial charge on any atom is 0.318 e. The van der Waals surface area contributed by atoms with E-state index in [-0.39, 0.29) is 23.9 Å². The Balaban J connectivity index is 2.03. The summed E-state index contributed by atoms with van der Waals surface area (Å²) in [6, 6.07) is 3.77. The number of halogens is 2. The van der Waals surface area contributed by atoms with Crippen molar-refractivity contribution in [1.82, 2.24) is 10.2 Å². The van der Waals surface area contributed by atoms with Crippen LogP contribution in [-0.4, -0.2) is 36.7 Å². The summed E-state index contributed by atoms with van der Waals surface area (Å²) in [4.78, 5) is 13.9. The van der Waals surface area contributed by atoms with Gasteiger partial charge in [-0.1, -0.05) is 17.7 Å². The van der Waals surface area contributed by atoms with Crippen LogP contribution in [0, 0.1) is 5.82 Å². The van der Waals surface area contributed by atoms with Gasteiger partial charge in [-0.05, 0) is 31.5 Å². The minimum atomic E-state index is -0.390. The molecule has 0 spiro atoms. The normalized spacial score (nSPS) is 20.6. The Kier molecular flexibility index (Phi) is 4.83. The fourth-order valence-corrected chi connectivity index (χ4v) is 2.56. The lowest BCUT2D eigenvalue weighted by atomic mass is 10.1. The number of benzene rings is 1. The zero-order valence-electron chi connectivity index (χ0n) is 11.5. The van der Waals surface area contributed by atoms with Crippen LogP contribution in [0.15, 0.2) is 18.2 Å². The molecule has 0 bridgehead atoms. The van der Waals surface area contributed by atoms with Crippen LogP contribution in [-0.2, 0) is 4.74 Å². The van der Waals surface area contributed by atoms with Crippen LogP contribution in [0.5, 0.6) is 0 Å². The summed E-state index contributed by atoms with van der Waals surface area (Å²) in [7, 11) is 0. The number of hydrogen-bond acceptors (Lipinski definition) is 2. The van der Waals surface area contributed by atoms with E-state index in [9.17, 15) is 9.18 Å². The Morgan fingerprint density at radius 1 is 1.60 bits per heavy atom. The molecule has 4 nitrogen and oxygen atoms in total. The van der Waals surface area contributed by atoms with Gasteiger partial charge in [-0.2, -0.15) is 0 Å². The van der Waals surface area contributed by atoms with Crippen molar-refractivity contribution in [3.63, 3.8) is 0 Å². The number of carbonyl (C=O) groups excluding carboxylic acids is 1. The lowest BCUT2D eigenvalue weighted by molar-refractivity contribution is 0.0185. The highest BCUT2D eigenvalue weighted by Gasteiger charge is 2.25. The number of nitrogens with zero attached hydrogens (tertiary/aromatic N) is 1. The van der Waals surface area contributed by atoms with Crippen LogP contribution in [0.3, 0.4) is 0 Å². The summed E-state index contributed by atoms with van der Waals surface area (Å²) in [6.07, 6.45) is 0. The van der Waals surface area contributed by atoms with E-state index in [2.05, 4.69) is 5.32 Å². The van der Waals surface area contributed by atoms with Crippen molar-refractivity contribution in [3.05, 3.63) is 34.6 Å². The lowest BCUT2D eigenvalue weighted by Crippen LogP contribution is -2.51. The molecule has 1 aliphatic rings. The van der Waals surface area contributed by atoms with Gasteiger partial charge in [0.15, 0.2) is 0 Å². The zero-order chi connectivity index (χ0) is 14.7. The molecule has 1 N–H and O–H groups in total. The van der Waals surface area contributed by atoms with E-state index >= 15 is 0 Å². The third-order valence-corrected chi connectivity index (χ3v) is 3.72. The Bertz CT molecular complexity index is 498. The van der Waals surface area contributed by atoms with Crippen molar-refractivity contribution < 1.29 is 13.9 Å². The molecule has 0 radical (unpaired) electrons. The number of nitrogens with one attached hydrogen (secondary N) is 1. The molecular formula is C14H18ClFN2O2. The van der Waals surface area contributed by atoms with E-state index in [1.165, 1.54) is 12.1 Å². The molecule has 1 aliphatic heterocycles. The van der Waals surface area contributed by atoms with Gasteiger partial charge in [0.25, 0.3) is 0 Å². The first-order valence-corrected chi connectivity index (χ1v) is 6.96. The van der Waals surface area contributed by atoms with Crippen molar-refractivity contribution in [2.75, 3.05) is 19.8 Å². The fraction of sp³-hybridized carbons (Fsp3) is 0.500. The Morgan fingerprint density at radius 2 is 2.35 bits per heavy atom. The van der Waals surface area contributed by atoms with Gasteiger partial charge in [-0.3, -0.25) is 0 Å². The number of amides is 2. The van der Waals surface area contributed by atoms with E-state index in [4.69, 9.17) is 16.3 Å². The number of ether oxygens (including phenoxy) is 1. The molecule has 6 heteroatoms. The standard InChI is InChI=1S/C14H18ClFN2O2/c1-9-8-20-6-5-18(9)14(19)17-10(2)12-4-3-11(16)7-13(12)15/h3-4,7,9-10H,5-6,8H2,1-2H3,(H,17,19)/t9-,10-/m1/s1. The predicted octanol–water partition coefficient (Wildman–Crippen LogP) is 2.97. The average Bonchev–Trinajstić information content (AvgIpc) is 2.38. The van der Waals surface area contributed by atoms with Crippen LogP contribution >= 0.6 is 11.6 Å². The Morgan fingerprint density at radius 3 is 3.00 bits per heavy atom. The quantitative estimate of drug-likeness (QED) is 0.912. The first kappa shape index (κ1) is 15.1. The number of urea groups is 1. The maximum atomic E-state index is 13.0. The third-order valence-electron chi connectivity index (χ3n) is 3.40. The molecule has 0 aromatic heterocycles. The molecule has 0 saturated carbocycles. The second-order valence-electron chi connectivity index (χ2n) is 4.95. The minimum Gasteiger partial charge on any atom is -0.377 e. The van der Waals surface area contributed by atoms with Gasteiger partial charge >= 0.3 is 6.03 Å². The van der Waals surface area contributed by atoms with Gasteiger partial charge in [0.05, 0.1) is 25.3 Å². The van der Waals surface area contributed by atoms with E-state index in [0.29, 0.717) is 30.3 Å². The number of carbonyl (C=O) groups is 1. The molecule has 0 unspecified atom stereocenters. The van der Waals surface area contributed by atoms with Crippen molar-refractivity contribution in [2.24, 2.45) is 0 Å². The van der Waals surface area contributed by atoms with E-state index in [1.807, 2.05) is 13.8 Å². The number of rotatable bonds is 2. The monoisotopic (exact) mass is 300 g/mol. The molecule has 0 aliphatic carbocycles. The second kappa shape index (κ2) is 6.41. The van der Waals surface area contributed by atoms with Gasteiger partial charge < -0.3 is 15.0 Å². The smallest absolute Gasteiger partial charge is 0.318 e. The molecule has 20 heavy (non-hydrogen) atoms. The number of morpholine rings is 1. The van der Waals surface area contributed by atoms with Crippen LogP contribution in [0.1, 0.15) is 25.5 Å². The van der Waals surface area contributed by atoms with Crippen molar-refractivity contribution >= 4 is 17.6 Å². The highest BCUT2D eigenvalue weighted by atomic mass is 35.5. The zero-order valence-corrected chi connectivity index (χ0v) is 12.3. The summed E-state index contributed by atoms with van der Waals surface area (Å²) < 4.78 is 18.3. The summed E-state index contributed by atoms with van der Waals surface area (Å²) in [5.41, 5.74) is 0.697. The first-order valence-electron chi connectivity index (χ1n) is 6.59. The molecule has 2 rings (SSSR count). The topological polar surface area (TPSA) is 41.6 Å². The van der Waals surface area contributed by atoms with Crippen molar-refractivity contribution in [1.29, 1.82) is 0 Å². The van der Waals surface area contributed by atoms with Gasteiger partial charge in [-0.15, -0.1) is 0 Å². The van der Waals surface area contributed by atoms with Gasteiger partial charge in [0.2, 0.25) is 0 Å². The molecule has 1 fully saturated rings. The molecule has 2 atom stereocenters. The van der Waals surface area contributed by atoms with Crippen LogP contribution in [0.25, 0.3) is 0 Å². The summed E-state index contributed by atoms with van der Waals surface area (Å²) >= 11 is 6.00. The fourth-order valence-electron chi connectivity index (χ4n) is 2.23. The van der Waals surface area contributed by atoms with E-state index in [0.717, 1.165) is 0 Å². The molecule has 1 heterocycles. The van der Waals surface area contributed by atoms with Gasteiger partial charge in [0, 0.05) is 11.6 Å². The van der Waals surface area contributed by atoms with Crippen molar-refractivity contribution in [2.45, 2.75) is 25.9 Å². The van der Waals surface area contributed by atoms with E-state index in [1.54, 1.807) is 11.0 Å². The van der Waals surface area contributed by atoms with Gasteiger partial charge in [0.1, 0.15) is 5.82 Å². The molecule has 1 aromatic rings. The molecule has 110 valence electrons. The van der Waals surface area contributed by atoms with Crippen molar-refractivity contribution in [3.8, 4) is 0 Å². The highest BCUT2D eigenvalue weighted by molar-refractivity contribution is 6.31. The van der Waals surface area contributed by atoms with E-state index < -0.39 is 0 Å². The highest BCUT2D eigenvalue weighted by Crippen LogP contribution is 2.24. The van der Waals surface area contributed by atoms with Crippen LogP contribution in [0.2, 0.25) is 5.02 Å². The Labute approximate surface area is 122 Å². The minimum absolute atomic E-state index is 0.0413. The summed E-state index contributed by atoms with van der Waals surface area (Å²) in [5, 5.41) is 3.19. The van der Waals surface area contributed by atoms with Gasteiger partial charge in [-0.25, -0.2) is 9.18 Å². The number of hydrogen-bond donors (Lipinski definition) is 1. The van der Waals surface area contributed by atoms with Crippen LogP contribution < -0.4 is 5.32 Å². The molecule has 1 saturated heterocycles. The molecular weight excluding hydrogens is 283 g/mol. The first-order chi connectivity index (χ1) is 9.49. The second-order valence-corrected chi connectivity index (χ2v) is 5.36.